The van der Waals surface area contributed by atoms with Crippen LogP contribution < -0.4 is 0 Å². The van der Waals surface area contributed by atoms with Crippen molar-refractivity contribution >= 4 is 23.4 Å². The van der Waals surface area contributed by atoms with Crippen molar-refractivity contribution in [3.63, 3.8) is 0 Å². The second kappa shape index (κ2) is 5.00. The van der Waals surface area contributed by atoms with Crippen LogP contribution in [0.15, 0.2) is 18.3 Å². The molecule has 1 atom stereocenters. The molecule has 0 aliphatic carbocycles. The van der Waals surface area contributed by atoms with Crippen LogP contribution in [0.1, 0.15) is 39.7 Å². The topological polar surface area (TPSA) is 33.6 Å². The Morgan fingerprint density at radius 3 is 2.76 bits per heavy atom. The fourth-order valence-corrected chi connectivity index (χ4v) is 2.88. The molecular formula is C13H19N3S. The molecule has 0 aromatic carbocycles. The molecule has 2 rings (SSSR count). The van der Waals surface area contributed by atoms with Crippen molar-refractivity contribution in [3.05, 3.63) is 23.1 Å². The zero-order chi connectivity index (χ0) is 12.4. The highest BCUT2D eigenvalue weighted by Crippen LogP contribution is 2.27. The van der Waals surface area contributed by atoms with Gasteiger partial charge in [0.05, 0.1) is 5.52 Å². The number of pyridine rings is 1. The molecule has 17 heavy (non-hydrogen) atoms. The van der Waals surface area contributed by atoms with Crippen molar-refractivity contribution in [3.8, 4) is 0 Å². The van der Waals surface area contributed by atoms with Gasteiger partial charge in [0, 0.05) is 12.2 Å². The Morgan fingerprint density at radius 1 is 1.41 bits per heavy atom. The van der Waals surface area contributed by atoms with Crippen molar-refractivity contribution in [1.82, 2.24) is 14.5 Å². The lowest BCUT2D eigenvalue weighted by Crippen LogP contribution is -2.16. The first-order valence-electron chi connectivity index (χ1n) is 6.24. The number of hydrogen-bond acceptors (Lipinski definition) is 2. The van der Waals surface area contributed by atoms with Gasteiger partial charge in [0.1, 0.15) is 0 Å². The lowest BCUT2D eigenvalue weighted by molar-refractivity contribution is 0.336. The number of aromatic amines is 1. The van der Waals surface area contributed by atoms with Crippen LogP contribution in [0.3, 0.4) is 0 Å². The van der Waals surface area contributed by atoms with Gasteiger partial charge in [0.25, 0.3) is 0 Å². The SMILES string of the molecule is CCC(CC)C(C)n1c(=S)[nH]c2cccnc21. The smallest absolute Gasteiger partial charge is 0.179 e. The summed E-state index contributed by atoms with van der Waals surface area (Å²) in [6.45, 7) is 6.70. The van der Waals surface area contributed by atoms with Gasteiger partial charge < -0.3 is 4.98 Å². The molecule has 0 amide bonds. The first-order valence-corrected chi connectivity index (χ1v) is 6.65. The number of fused-ring (bicyclic) bond motifs is 1. The van der Waals surface area contributed by atoms with Crippen LogP contribution >= 0.6 is 12.2 Å². The second-order valence-electron chi connectivity index (χ2n) is 4.49. The van der Waals surface area contributed by atoms with E-state index in [1.165, 1.54) is 12.8 Å². The minimum atomic E-state index is 0.390. The number of nitrogens with one attached hydrogen (secondary N) is 1. The maximum absolute atomic E-state index is 5.41. The molecule has 2 aromatic heterocycles. The van der Waals surface area contributed by atoms with Crippen LogP contribution in [0, 0.1) is 10.7 Å². The zero-order valence-electron chi connectivity index (χ0n) is 10.6. The molecule has 1 unspecified atom stereocenters. The van der Waals surface area contributed by atoms with E-state index in [0.29, 0.717) is 12.0 Å². The summed E-state index contributed by atoms with van der Waals surface area (Å²) >= 11 is 5.41. The standard InChI is InChI=1S/C13H19N3S/c1-4-10(5-2)9(3)16-12-11(15-13(16)17)7-6-8-14-12/h6-10H,4-5H2,1-3H3,(H,15,17). The average Bonchev–Trinajstić information content (AvgIpc) is 2.66. The molecule has 0 aliphatic heterocycles. The van der Waals surface area contributed by atoms with E-state index in [0.717, 1.165) is 15.9 Å². The molecule has 0 saturated heterocycles. The van der Waals surface area contributed by atoms with Crippen LogP contribution in [-0.4, -0.2) is 14.5 Å². The Balaban J connectivity index is 2.54. The first-order chi connectivity index (χ1) is 8.19. The molecule has 2 heterocycles. The molecule has 0 saturated carbocycles. The van der Waals surface area contributed by atoms with E-state index < -0.39 is 0 Å². The minimum Gasteiger partial charge on any atom is -0.329 e. The van der Waals surface area contributed by atoms with E-state index in [4.69, 9.17) is 12.2 Å². The molecule has 0 aliphatic rings. The Kier molecular flexibility index (Phi) is 3.62. The predicted molar refractivity (Wildman–Crippen MR) is 73.7 cm³/mol. The maximum Gasteiger partial charge on any atom is 0.179 e. The number of hydrogen-bond donors (Lipinski definition) is 1. The third kappa shape index (κ3) is 2.14. The van der Waals surface area contributed by atoms with E-state index in [1.807, 2.05) is 18.3 Å². The number of aromatic nitrogens is 3. The fraction of sp³-hybridized carbons (Fsp3) is 0.538. The number of H-pyrrole nitrogens is 1. The van der Waals surface area contributed by atoms with E-state index >= 15 is 0 Å². The lowest BCUT2D eigenvalue weighted by Gasteiger charge is -2.22. The van der Waals surface area contributed by atoms with Crippen molar-refractivity contribution < 1.29 is 0 Å². The van der Waals surface area contributed by atoms with Gasteiger partial charge >= 0.3 is 0 Å². The highest BCUT2D eigenvalue weighted by atomic mass is 32.1. The van der Waals surface area contributed by atoms with Crippen LogP contribution in [0.25, 0.3) is 11.2 Å². The molecule has 3 nitrogen and oxygen atoms in total. The van der Waals surface area contributed by atoms with E-state index in [9.17, 15) is 0 Å². The van der Waals surface area contributed by atoms with Crippen LogP contribution in [-0.2, 0) is 0 Å². The average molecular weight is 249 g/mol. The Hall–Kier alpha value is -1.16. The number of imidazole rings is 1. The summed E-state index contributed by atoms with van der Waals surface area (Å²) in [7, 11) is 0. The van der Waals surface area contributed by atoms with Crippen molar-refractivity contribution in [2.45, 2.75) is 39.7 Å². The summed E-state index contributed by atoms with van der Waals surface area (Å²) in [6, 6.07) is 4.34. The highest BCUT2D eigenvalue weighted by Gasteiger charge is 2.18. The third-order valence-electron chi connectivity index (χ3n) is 3.61. The summed E-state index contributed by atoms with van der Waals surface area (Å²) in [4.78, 5) is 7.67. The van der Waals surface area contributed by atoms with Gasteiger partial charge in [-0.1, -0.05) is 26.7 Å². The largest absolute Gasteiger partial charge is 0.329 e. The summed E-state index contributed by atoms with van der Waals surface area (Å²) in [5.74, 6) is 0.641. The lowest BCUT2D eigenvalue weighted by atomic mass is 9.95. The van der Waals surface area contributed by atoms with E-state index in [-0.39, 0.29) is 0 Å². The van der Waals surface area contributed by atoms with E-state index in [2.05, 4.69) is 35.3 Å². The van der Waals surface area contributed by atoms with Gasteiger partial charge in [-0.05, 0) is 37.2 Å². The molecule has 1 N–H and O–H groups in total. The Labute approximate surface area is 107 Å². The molecule has 92 valence electrons. The zero-order valence-corrected chi connectivity index (χ0v) is 11.4. The predicted octanol–water partition coefficient (Wildman–Crippen LogP) is 4.09. The summed E-state index contributed by atoms with van der Waals surface area (Å²) in [6.07, 6.45) is 4.15. The summed E-state index contributed by atoms with van der Waals surface area (Å²) < 4.78 is 2.93. The molecule has 0 radical (unpaired) electrons. The van der Waals surface area contributed by atoms with Gasteiger partial charge in [-0.25, -0.2) is 4.98 Å². The van der Waals surface area contributed by atoms with Crippen LogP contribution in [0.5, 0.6) is 0 Å². The van der Waals surface area contributed by atoms with Crippen LogP contribution in [0.4, 0.5) is 0 Å². The second-order valence-corrected chi connectivity index (χ2v) is 4.88. The van der Waals surface area contributed by atoms with Gasteiger partial charge in [-0.2, -0.15) is 0 Å². The van der Waals surface area contributed by atoms with Crippen molar-refractivity contribution in [1.29, 1.82) is 0 Å². The van der Waals surface area contributed by atoms with Crippen LogP contribution in [0.2, 0.25) is 0 Å². The summed E-state index contributed by atoms with van der Waals surface area (Å²) in [5, 5.41) is 0. The highest BCUT2D eigenvalue weighted by molar-refractivity contribution is 7.71. The quantitative estimate of drug-likeness (QED) is 0.828. The molecule has 4 heteroatoms. The van der Waals surface area contributed by atoms with Gasteiger partial charge in [0.15, 0.2) is 10.4 Å². The number of rotatable bonds is 4. The summed E-state index contributed by atoms with van der Waals surface area (Å²) in [5.41, 5.74) is 1.99. The van der Waals surface area contributed by atoms with Crippen molar-refractivity contribution in [2.75, 3.05) is 0 Å². The third-order valence-corrected chi connectivity index (χ3v) is 3.91. The van der Waals surface area contributed by atoms with Gasteiger partial charge in [0.2, 0.25) is 0 Å². The molecule has 2 aromatic rings. The van der Waals surface area contributed by atoms with E-state index in [1.54, 1.807) is 0 Å². The fourth-order valence-electron chi connectivity index (χ4n) is 2.52. The molecule has 0 spiro atoms. The Morgan fingerprint density at radius 2 is 2.12 bits per heavy atom. The Bertz CT molecular complexity index is 551. The van der Waals surface area contributed by atoms with Gasteiger partial charge in [-0.3, -0.25) is 4.57 Å². The molecular weight excluding hydrogens is 230 g/mol. The normalized spacial score (nSPS) is 13.4. The number of nitrogens with zero attached hydrogens (tertiary/aromatic N) is 2. The minimum absolute atomic E-state index is 0.390. The van der Waals surface area contributed by atoms with Gasteiger partial charge in [-0.15, -0.1) is 0 Å². The molecule has 0 bridgehead atoms. The van der Waals surface area contributed by atoms with Crippen molar-refractivity contribution in [2.24, 2.45) is 5.92 Å². The maximum atomic E-state index is 5.41. The first kappa shape index (κ1) is 12.3. The molecule has 0 fully saturated rings. The monoisotopic (exact) mass is 249 g/mol.